The molecular formula is C12H24N4O. The van der Waals surface area contributed by atoms with E-state index in [4.69, 9.17) is 0 Å². The van der Waals surface area contributed by atoms with Crippen LogP contribution in [0.15, 0.2) is 0 Å². The molecule has 0 bridgehead atoms. The minimum absolute atomic E-state index is 0.0351. The maximum Gasteiger partial charge on any atom is 0.241 e. The zero-order chi connectivity index (χ0) is 12.4. The van der Waals surface area contributed by atoms with Gasteiger partial charge in [-0.05, 0) is 27.4 Å². The number of nitrogens with zero attached hydrogens (tertiary/aromatic N) is 2. The van der Waals surface area contributed by atoms with Crippen molar-refractivity contribution in [2.45, 2.75) is 31.5 Å². The molecule has 5 nitrogen and oxygen atoms in total. The fourth-order valence-electron chi connectivity index (χ4n) is 2.54. The summed E-state index contributed by atoms with van der Waals surface area (Å²) in [6.07, 6.45) is 1.09. The molecule has 0 aliphatic carbocycles. The van der Waals surface area contributed by atoms with Crippen molar-refractivity contribution >= 4 is 5.91 Å². The molecule has 3 unspecified atom stereocenters. The highest BCUT2D eigenvalue weighted by Crippen LogP contribution is 2.14. The van der Waals surface area contributed by atoms with Crippen LogP contribution in [0, 0.1) is 0 Å². The molecule has 2 heterocycles. The van der Waals surface area contributed by atoms with Gasteiger partial charge in [-0.1, -0.05) is 0 Å². The predicted molar refractivity (Wildman–Crippen MR) is 67.9 cm³/mol. The van der Waals surface area contributed by atoms with Crippen LogP contribution >= 0.6 is 0 Å². The van der Waals surface area contributed by atoms with Crippen molar-refractivity contribution in [1.82, 2.24) is 20.4 Å². The second-order valence-electron chi connectivity index (χ2n) is 5.46. The number of carbonyl (C=O) groups is 1. The largest absolute Gasteiger partial charge is 0.340 e. The third-order valence-corrected chi connectivity index (χ3v) is 3.84. The van der Waals surface area contributed by atoms with Crippen LogP contribution in [0.1, 0.15) is 13.3 Å². The summed E-state index contributed by atoms with van der Waals surface area (Å²) in [5.41, 5.74) is 0. The molecule has 0 aromatic heterocycles. The highest BCUT2D eigenvalue weighted by atomic mass is 16.2. The molecule has 2 saturated heterocycles. The van der Waals surface area contributed by atoms with Crippen LogP contribution in [-0.2, 0) is 4.79 Å². The number of nitrogens with one attached hydrogen (secondary N) is 2. The molecule has 3 atom stereocenters. The predicted octanol–water partition coefficient (Wildman–Crippen LogP) is -0.901. The van der Waals surface area contributed by atoms with Crippen molar-refractivity contribution in [2.75, 3.05) is 40.3 Å². The molecule has 0 spiro atoms. The summed E-state index contributed by atoms with van der Waals surface area (Å²) in [5.74, 6) is 0.258. The zero-order valence-electron chi connectivity index (χ0n) is 11.1. The van der Waals surface area contributed by atoms with Crippen molar-refractivity contribution in [1.29, 1.82) is 0 Å². The first-order chi connectivity index (χ1) is 8.08. The van der Waals surface area contributed by atoms with Crippen molar-refractivity contribution in [3.05, 3.63) is 0 Å². The minimum Gasteiger partial charge on any atom is -0.340 e. The van der Waals surface area contributed by atoms with Crippen molar-refractivity contribution < 1.29 is 4.79 Å². The molecule has 2 fully saturated rings. The molecule has 2 aliphatic rings. The second kappa shape index (κ2) is 5.33. The molecule has 0 saturated carbocycles. The molecule has 2 rings (SSSR count). The van der Waals surface area contributed by atoms with Gasteiger partial charge in [0.15, 0.2) is 0 Å². The molecule has 1 amide bonds. The summed E-state index contributed by atoms with van der Waals surface area (Å²) < 4.78 is 0. The van der Waals surface area contributed by atoms with E-state index in [0.29, 0.717) is 12.1 Å². The van der Waals surface area contributed by atoms with Crippen molar-refractivity contribution in [3.8, 4) is 0 Å². The lowest BCUT2D eigenvalue weighted by Gasteiger charge is -2.31. The average molecular weight is 240 g/mol. The van der Waals surface area contributed by atoms with Gasteiger partial charge in [0.05, 0.1) is 6.04 Å². The number of hydrogen-bond acceptors (Lipinski definition) is 4. The van der Waals surface area contributed by atoms with Gasteiger partial charge < -0.3 is 20.4 Å². The molecule has 2 aliphatic heterocycles. The Kier molecular flexibility index (Phi) is 4.01. The van der Waals surface area contributed by atoms with E-state index in [1.54, 1.807) is 0 Å². The maximum atomic E-state index is 12.3. The summed E-state index contributed by atoms with van der Waals surface area (Å²) >= 11 is 0. The number of hydrogen-bond donors (Lipinski definition) is 2. The van der Waals surface area contributed by atoms with Gasteiger partial charge in [0.1, 0.15) is 0 Å². The molecule has 2 N–H and O–H groups in total. The van der Waals surface area contributed by atoms with Crippen LogP contribution in [0.4, 0.5) is 0 Å². The first kappa shape index (κ1) is 12.8. The van der Waals surface area contributed by atoms with E-state index in [9.17, 15) is 4.79 Å². The summed E-state index contributed by atoms with van der Waals surface area (Å²) in [6.45, 7) is 5.53. The number of likely N-dealkylation sites (N-methyl/N-ethyl adjacent to an activating group) is 1. The molecular weight excluding hydrogens is 216 g/mol. The Bertz CT molecular complexity index is 274. The van der Waals surface area contributed by atoms with Gasteiger partial charge in [-0.25, -0.2) is 0 Å². The number of likely N-dealkylation sites (tertiary alicyclic amines) is 1. The van der Waals surface area contributed by atoms with Gasteiger partial charge in [0, 0.05) is 38.3 Å². The van der Waals surface area contributed by atoms with Crippen molar-refractivity contribution in [3.63, 3.8) is 0 Å². The first-order valence-electron chi connectivity index (χ1n) is 6.50. The number of amides is 1. The zero-order valence-corrected chi connectivity index (χ0v) is 11.1. The fraction of sp³-hybridized carbons (Fsp3) is 0.917. The normalized spacial score (nSPS) is 34.4. The van der Waals surface area contributed by atoms with Crippen molar-refractivity contribution in [2.24, 2.45) is 0 Å². The average Bonchev–Trinajstić information content (AvgIpc) is 2.78. The van der Waals surface area contributed by atoms with Crippen LogP contribution in [0.3, 0.4) is 0 Å². The Morgan fingerprint density at radius 2 is 2.06 bits per heavy atom. The third kappa shape index (κ3) is 2.97. The highest BCUT2D eigenvalue weighted by Gasteiger charge is 2.32. The number of carbonyl (C=O) groups excluding carboxylic acids is 1. The van der Waals surface area contributed by atoms with Gasteiger partial charge in [0.25, 0.3) is 0 Å². The molecule has 5 heteroatoms. The number of rotatable bonds is 2. The molecule has 0 aromatic rings. The summed E-state index contributed by atoms with van der Waals surface area (Å²) in [6, 6.07) is 0.952. The lowest BCUT2D eigenvalue weighted by Crippen LogP contribution is -2.59. The highest BCUT2D eigenvalue weighted by molar-refractivity contribution is 5.82. The first-order valence-corrected chi connectivity index (χ1v) is 6.50. The van der Waals surface area contributed by atoms with E-state index in [-0.39, 0.29) is 11.9 Å². The van der Waals surface area contributed by atoms with Gasteiger partial charge >= 0.3 is 0 Å². The lowest BCUT2D eigenvalue weighted by molar-refractivity contribution is -0.132. The summed E-state index contributed by atoms with van der Waals surface area (Å²) in [7, 11) is 4.17. The molecule has 17 heavy (non-hydrogen) atoms. The quantitative estimate of drug-likeness (QED) is 0.657. The van der Waals surface area contributed by atoms with Crippen LogP contribution < -0.4 is 10.6 Å². The Balaban J connectivity index is 1.84. The second-order valence-corrected chi connectivity index (χ2v) is 5.46. The van der Waals surface area contributed by atoms with Crippen LogP contribution in [0.25, 0.3) is 0 Å². The van der Waals surface area contributed by atoms with Gasteiger partial charge in [-0.3, -0.25) is 4.79 Å². The fourth-order valence-corrected chi connectivity index (χ4v) is 2.54. The monoisotopic (exact) mass is 240 g/mol. The Hall–Kier alpha value is -0.650. The van der Waals surface area contributed by atoms with Gasteiger partial charge in [-0.2, -0.15) is 0 Å². The van der Waals surface area contributed by atoms with E-state index >= 15 is 0 Å². The SMILES string of the molecule is CC1CNC(C(=O)N2CCC(N(C)C)C2)CN1. The summed E-state index contributed by atoms with van der Waals surface area (Å²) in [4.78, 5) is 16.5. The van der Waals surface area contributed by atoms with Crippen LogP contribution in [-0.4, -0.2) is 74.1 Å². The Morgan fingerprint density at radius 3 is 2.59 bits per heavy atom. The van der Waals surface area contributed by atoms with E-state index < -0.39 is 0 Å². The van der Waals surface area contributed by atoms with E-state index in [1.807, 2.05) is 4.90 Å². The smallest absolute Gasteiger partial charge is 0.241 e. The Labute approximate surface area is 104 Å². The molecule has 0 aromatic carbocycles. The Morgan fingerprint density at radius 1 is 1.29 bits per heavy atom. The van der Waals surface area contributed by atoms with E-state index in [2.05, 4.69) is 36.6 Å². The third-order valence-electron chi connectivity index (χ3n) is 3.84. The molecule has 0 radical (unpaired) electrons. The van der Waals surface area contributed by atoms with E-state index in [0.717, 1.165) is 32.6 Å². The lowest BCUT2D eigenvalue weighted by atomic mass is 10.1. The molecule has 98 valence electrons. The topological polar surface area (TPSA) is 47.6 Å². The standard InChI is InChI=1S/C12H24N4O/c1-9-6-14-11(7-13-9)12(17)16-5-4-10(8-16)15(2)3/h9-11,13-14H,4-8H2,1-3H3. The van der Waals surface area contributed by atoms with Gasteiger partial charge in [-0.15, -0.1) is 0 Å². The minimum atomic E-state index is -0.0351. The summed E-state index contributed by atoms with van der Waals surface area (Å²) in [5, 5.41) is 6.67. The number of piperazine rings is 1. The van der Waals surface area contributed by atoms with E-state index in [1.165, 1.54) is 0 Å². The van der Waals surface area contributed by atoms with Crippen LogP contribution in [0.5, 0.6) is 0 Å². The maximum absolute atomic E-state index is 12.3. The van der Waals surface area contributed by atoms with Crippen LogP contribution in [0.2, 0.25) is 0 Å². The van der Waals surface area contributed by atoms with Gasteiger partial charge in [0.2, 0.25) is 5.91 Å².